The monoisotopic (exact) mass is 359 g/mol. The van der Waals surface area contributed by atoms with Crippen LogP contribution in [0.5, 0.6) is 0 Å². The van der Waals surface area contributed by atoms with Crippen molar-refractivity contribution < 1.29 is 12.7 Å². The Kier molecular flexibility index (Phi) is 4.75. The van der Waals surface area contributed by atoms with E-state index in [0.717, 1.165) is 23.1 Å². The average Bonchev–Trinajstić information content (AvgIpc) is 2.51. The lowest BCUT2D eigenvalue weighted by Crippen LogP contribution is -2.38. The third-order valence-electron chi connectivity index (χ3n) is 4.58. The quantitative estimate of drug-likeness (QED) is 0.817. The zero-order valence-corrected chi connectivity index (χ0v) is 16.1. The van der Waals surface area contributed by atoms with Gasteiger partial charge in [0.15, 0.2) is 0 Å². The van der Waals surface area contributed by atoms with Crippen LogP contribution in [0, 0.1) is 6.92 Å². The topological polar surface area (TPSA) is 46.6 Å². The molecule has 1 aliphatic heterocycles. The van der Waals surface area contributed by atoms with Gasteiger partial charge in [-0.3, -0.25) is 0 Å². The molecule has 0 saturated carbocycles. The second kappa shape index (κ2) is 6.56. The second-order valence-electron chi connectivity index (χ2n) is 7.62. The predicted octanol–water partition coefficient (Wildman–Crippen LogP) is 4.29. The fourth-order valence-electron chi connectivity index (χ4n) is 2.76. The van der Waals surface area contributed by atoms with Gasteiger partial charge in [-0.25, -0.2) is 0 Å². The van der Waals surface area contributed by atoms with E-state index in [1.165, 1.54) is 10.6 Å². The van der Waals surface area contributed by atoms with E-state index in [1.54, 1.807) is 12.1 Å². The summed E-state index contributed by atoms with van der Waals surface area (Å²) >= 11 is 0. The first-order chi connectivity index (χ1) is 11.7. The Labute approximate surface area is 150 Å². The van der Waals surface area contributed by atoms with E-state index in [2.05, 4.69) is 45.0 Å². The van der Waals surface area contributed by atoms with Gasteiger partial charge in [0, 0.05) is 13.1 Å². The van der Waals surface area contributed by atoms with E-state index in [9.17, 15) is 8.42 Å². The summed E-state index contributed by atoms with van der Waals surface area (Å²) in [5.41, 5.74) is 4.29. The molecule has 0 N–H and O–H groups in total. The Balaban J connectivity index is 1.94. The van der Waals surface area contributed by atoms with Gasteiger partial charge in [-0.2, -0.15) is 17.8 Å². The average molecular weight is 359 g/mol. The van der Waals surface area contributed by atoms with E-state index in [4.69, 9.17) is 4.28 Å². The molecule has 134 valence electrons. The summed E-state index contributed by atoms with van der Waals surface area (Å²) in [5, 5.41) is 1.48. The van der Waals surface area contributed by atoms with Crippen LogP contribution in [-0.2, 0) is 19.8 Å². The van der Waals surface area contributed by atoms with Gasteiger partial charge >= 0.3 is 10.1 Å². The number of hydrogen-bond acceptors (Lipinski definition) is 4. The molecule has 0 aromatic heterocycles. The smallest absolute Gasteiger partial charge is 0.192 e. The summed E-state index contributed by atoms with van der Waals surface area (Å²) in [7, 11) is -3.77. The highest BCUT2D eigenvalue weighted by molar-refractivity contribution is 7.86. The van der Waals surface area contributed by atoms with Crippen LogP contribution >= 0.6 is 0 Å². The molecule has 25 heavy (non-hydrogen) atoms. The molecule has 2 aromatic carbocycles. The molecule has 1 fully saturated rings. The molecule has 0 spiro atoms. The van der Waals surface area contributed by atoms with Crippen LogP contribution in [-0.4, -0.2) is 26.6 Å². The van der Waals surface area contributed by atoms with Crippen LogP contribution in [0.25, 0.3) is 11.1 Å². The molecule has 0 unspecified atom stereocenters. The Morgan fingerprint density at radius 2 is 1.64 bits per heavy atom. The minimum Gasteiger partial charge on any atom is -0.192 e. The number of benzene rings is 2. The molecular formula is C20H25NO3S. The van der Waals surface area contributed by atoms with Crippen molar-refractivity contribution in [3.05, 3.63) is 53.6 Å². The third kappa shape index (κ3) is 3.94. The van der Waals surface area contributed by atoms with E-state index in [1.807, 2.05) is 13.0 Å². The van der Waals surface area contributed by atoms with Crippen molar-refractivity contribution in [3.63, 3.8) is 0 Å². The van der Waals surface area contributed by atoms with Crippen molar-refractivity contribution in [2.75, 3.05) is 13.1 Å². The van der Waals surface area contributed by atoms with Crippen LogP contribution in [0.2, 0.25) is 0 Å². The summed E-state index contributed by atoms with van der Waals surface area (Å²) in [6.07, 6.45) is 0.967. The van der Waals surface area contributed by atoms with E-state index in [-0.39, 0.29) is 10.3 Å². The van der Waals surface area contributed by atoms with Gasteiger partial charge in [-0.15, -0.1) is 0 Å². The summed E-state index contributed by atoms with van der Waals surface area (Å²) in [6.45, 7) is 9.83. The summed E-state index contributed by atoms with van der Waals surface area (Å²) in [4.78, 5) is 0.194. The maximum absolute atomic E-state index is 12.5. The van der Waals surface area contributed by atoms with Crippen LogP contribution < -0.4 is 0 Å². The second-order valence-corrected chi connectivity index (χ2v) is 9.14. The highest BCUT2D eigenvalue weighted by atomic mass is 32.2. The largest absolute Gasteiger partial charge is 0.313 e. The molecule has 0 amide bonds. The van der Waals surface area contributed by atoms with Gasteiger partial charge in [-0.1, -0.05) is 51.1 Å². The zero-order chi connectivity index (χ0) is 18.2. The molecule has 1 aliphatic rings. The maximum atomic E-state index is 12.5. The Bertz CT molecular complexity index is 861. The summed E-state index contributed by atoms with van der Waals surface area (Å²) in [6, 6.07) is 13.5. The summed E-state index contributed by atoms with van der Waals surface area (Å²) in [5.74, 6) is 0. The number of hydrogen-bond donors (Lipinski definition) is 0. The van der Waals surface area contributed by atoms with Crippen LogP contribution in [0.3, 0.4) is 0 Å². The highest BCUT2D eigenvalue weighted by Gasteiger charge is 2.25. The molecule has 0 radical (unpaired) electrons. The molecule has 2 aromatic rings. The molecule has 3 rings (SSSR count). The van der Waals surface area contributed by atoms with Crippen molar-refractivity contribution in [1.29, 1.82) is 0 Å². The molecule has 5 heteroatoms. The normalized spacial score (nSPS) is 15.8. The number of nitrogens with zero attached hydrogens (tertiary/aromatic N) is 1. The molecule has 4 nitrogen and oxygen atoms in total. The van der Waals surface area contributed by atoms with Gasteiger partial charge in [0.25, 0.3) is 0 Å². The molecule has 0 bridgehead atoms. The fraction of sp³-hybridized carbons (Fsp3) is 0.400. The first-order valence-electron chi connectivity index (χ1n) is 8.58. The minimum atomic E-state index is -3.77. The van der Waals surface area contributed by atoms with Crippen molar-refractivity contribution >= 4 is 10.1 Å². The first-order valence-corrected chi connectivity index (χ1v) is 9.99. The molecular weight excluding hydrogens is 334 g/mol. The minimum absolute atomic E-state index is 0.0871. The van der Waals surface area contributed by atoms with Crippen LogP contribution in [0.1, 0.15) is 38.3 Å². The first kappa shape index (κ1) is 18.1. The van der Waals surface area contributed by atoms with Gasteiger partial charge < -0.3 is 0 Å². The third-order valence-corrected chi connectivity index (χ3v) is 5.82. The van der Waals surface area contributed by atoms with Crippen molar-refractivity contribution in [2.24, 2.45) is 0 Å². The summed E-state index contributed by atoms with van der Waals surface area (Å²) < 4.78 is 30.1. The molecule has 0 aliphatic carbocycles. The van der Waals surface area contributed by atoms with Crippen molar-refractivity contribution in [2.45, 2.75) is 44.4 Å². The SMILES string of the molecule is Cc1ccc(S(=O)(=O)ON2CCC2)cc1-c1ccc(C(C)(C)C)cc1. The van der Waals surface area contributed by atoms with Crippen molar-refractivity contribution in [3.8, 4) is 11.1 Å². The lowest BCUT2D eigenvalue weighted by Gasteiger charge is -2.28. The zero-order valence-electron chi connectivity index (χ0n) is 15.2. The van der Waals surface area contributed by atoms with Crippen LogP contribution in [0.15, 0.2) is 47.4 Å². The molecule has 1 saturated heterocycles. The van der Waals surface area contributed by atoms with E-state index >= 15 is 0 Å². The Morgan fingerprint density at radius 1 is 1.00 bits per heavy atom. The Hall–Kier alpha value is -1.69. The molecule has 1 heterocycles. The van der Waals surface area contributed by atoms with E-state index in [0.29, 0.717) is 13.1 Å². The standard InChI is InChI=1S/C20H25NO3S/c1-15-6-11-18(25(22,23)24-21-12-5-13-21)14-19(15)16-7-9-17(10-8-16)20(2,3)4/h6-11,14H,5,12-13H2,1-4H3. The lowest BCUT2D eigenvalue weighted by atomic mass is 9.86. The van der Waals surface area contributed by atoms with Crippen LogP contribution in [0.4, 0.5) is 0 Å². The number of hydroxylamine groups is 2. The van der Waals surface area contributed by atoms with Gasteiger partial charge in [0.1, 0.15) is 0 Å². The van der Waals surface area contributed by atoms with Crippen molar-refractivity contribution in [1.82, 2.24) is 5.06 Å². The molecule has 0 atom stereocenters. The van der Waals surface area contributed by atoms with Gasteiger partial charge in [-0.05, 0) is 53.1 Å². The van der Waals surface area contributed by atoms with E-state index < -0.39 is 10.1 Å². The Morgan fingerprint density at radius 3 is 2.16 bits per heavy atom. The highest BCUT2D eigenvalue weighted by Crippen LogP contribution is 2.30. The fourth-order valence-corrected chi connectivity index (χ4v) is 3.77. The van der Waals surface area contributed by atoms with Gasteiger partial charge in [0.2, 0.25) is 0 Å². The maximum Gasteiger partial charge on any atom is 0.313 e. The lowest BCUT2D eigenvalue weighted by molar-refractivity contribution is -0.101. The number of aryl methyl sites for hydroxylation is 1. The van der Waals surface area contributed by atoms with Gasteiger partial charge in [0.05, 0.1) is 4.90 Å². The predicted molar refractivity (Wildman–Crippen MR) is 99.8 cm³/mol. The number of rotatable bonds is 4.